The molecule has 2 aliphatic rings. The van der Waals surface area contributed by atoms with Gasteiger partial charge >= 0.3 is 6.03 Å². The van der Waals surface area contributed by atoms with E-state index in [1.165, 1.54) is 4.90 Å². The normalized spacial score (nSPS) is 19.3. The summed E-state index contributed by atoms with van der Waals surface area (Å²) in [4.78, 5) is 37.8. The third-order valence-corrected chi connectivity index (χ3v) is 4.68. The van der Waals surface area contributed by atoms with Crippen LogP contribution in [0.2, 0.25) is 0 Å². The second kappa shape index (κ2) is 6.02. The fourth-order valence-electron chi connectivity index (χ4n) is 3.34. The van der Waals surface area contributed by atoms with E-state index in [1.807, 2.05) is 31.2 Å². The molecule has 2 fully saturated rings. The van der Waals surface area contributed by atoms with Gasteiger partial charge in [-0.25, -0.2) is 4.79 Å². The molecular formula is C17H21N3O3. The molecule has 3 rings (SSSR count). The molecule has 6 heteroatoms. The summed E-state index contributed by atoms with van der Waals surface area (Å²) in [6.45, 7) is 2.03. The van der Waals surface area contributed by atoms with Crippen molar-refractivity contribution in [2.75, 3.05) is 11.9 Å². The quantitative estimate of drug-likeness (QED) is 0.836. The average Bonchev–Trinajstić information content (AvgIpc) is 3.07. The van der Waals surface area contributed by atoms with Gasteiger partial charge in [-0.3, -0.25) is 14.5 Å². The summed E-state index contributed by atoms with van der Waals surface area (Å²) in [6.07, 6.45) is 3.40. The van der Waals surface area contributed by atoms with Crippen molar-refractivity contribution in [3.8, 4) is 0 Å². The summed E-state index contributed by atoms with van der Waals surface area (Å²) in [5, 5.41) is 5.63. The number of carbonyl (C=O) groups excluding carboxylic acids is 3. The summed E-state index contributed by atoms with van der Waals surface area (Å²) in [7, 11) is 0. The van der Waals surface area contributed by atoms with Gasteiger partial charge in [0.15, 0.2) is 0 Å². The number of nitrogens with zero attached hydrogens (tertiary/aromatic N) is 1. The highest BCUT2D eigenvalue weighted by atomic mass is 16.2. The molecule has 4 amide bonds. The van der Waals surface area contributed by atoms with E-state index in [2.05, 4.69) is 10.6 Å². The van der Waals surface area contributed by atoms with Crippen molar-refractivity contribution in [2.45, 2.75) is 44.6 Å². The van der Waals surface area contributed by atoms with Crippen molar-refractivity contribution in [1.82, 2.24) is 10.2 Å². The Morgan fingerprint density at radius 1 is 1.26 bits per heavy atom. The molecule has 1 aliphatic heterocycles. The Bertz CT molecular complexity index is 650. The summed E-state index contributed by atoms with van der Waals surface area (Å²) in [5.41, 5.74) is 1.02. The number of imide groups is 1. The van der Waals surface area contributed by atoms with Gasteiger partial charge in [0, 0.05) is 18.7 Å². The van der Waals surface area contributed by atoms with Crippen LogP contribution in [-0.4, -0.2) is 34.8 Å². The zero-order valence-corrected chi connectivity index (χ0v) is 13.2. The van der Waals surface area contributed by atoms with E-state index in [1.54, 1.807) is 0 Å². The molecule has 122 valence electrons. The van der Waals surface area contributed by atoms with E-state index < -0.39 is 5.54 Å². The summed E-state index contributed by atoms with van der Waals surface area (Å²) >= 11 is 0. The predicted molar refractivity (Wildman–Crippen MR) is 85.9 cm³/mol. The lowest BCUT2D eigenvalue weighted by Gasteiger charge is -2.19. The van der Waals surface area contributed by atoms with Crippen LogP contribution in [0.15, 0.2) is 24.3 Å². The lowest BCUT2D eigenvalue weighted by molar-refractivity contribution is -0.131. The number of nitrogens with one attached hydrogen (secondary N) is 2. The number of hydrogen-bond donors (Lipinski definition) is 2. The van der Waals surface area contributed by atoms with Crippen molar-refractivity contribution >= 4 is 23.5 Å². The van der Waals surface area contributed by atoms with E-state index in [0.717, 1.165) is 24.1 Å². The molecule has 1 aliphatic carbocycles. The van der Waals surface area contributed by atoms with Crippen LogP contribution in [0.25, 0.3) is 0 Å². The first-order valence-corrected chi connectivity index (χ1v) is 8.01. The minimum absolute atomic E-state index is 0.101. The van der Waals surface area contributed by atoms with Crippen LogP contribution >= 0.6 is 0 Å². The highest BCUT2D eigenvalue weighted by Crippen LogP contribution is 2.35. The van der Waals surface area contributed by atoms with Gasteiger partial charge in [-0.1, -0.05) is 31.0 Å². The molecule has 2 N–H and O–H groups in total. The Hall–Kier alpha value is -2.37. The second-order valence-corrected chi connectivity index (χ2v) is 6.29. The molecule has 0 unspecified atom stereocenters. The molecular weight excluding hydrogens is 294 g/mol. The van der Waals surface area contributed by atoms with Crippen molar-refractivity contribution in [3.63, 3.8) is 0 Å². The van der Waals surface area contributed by atoms with E-state index in [4.69, 9.17) is 0 Å². The Morgan fingerprint density at radius 2 is 1.96 bits per heavy atom. The van der Waals surface area contributed by atoms with E-state index in [9.17, 15) is 14.4 Å². The third-order valence-electron chi connectivity index (χ3n) is 4.68. The molecule has 0 bridgehead atoms. The smallest absolute Gasteiger partial charge is 0.325 e. The number of carbonyl (C=O) groups is 3. The molecule has 1 heterocycles. The number of benzene rings is 1. The second-order valence-electron chi connectivity index (χ2n) is 6.29. The fourth-order valence-corrected chi connectivity index (χ4v) is 3.34. The van der Waals surface area contributed by atoms with Gasteiger partial charge in [0.05, 0.1) is 0 Å². The fraction of sp³-hybridized carbons (Fsp3) is 0.471. The Kier molecular flexibility index (Phi) is 4.07. The zero-order chi connectivity index (χ0) is 16.4. The maximum atomic E-state index is 12.5. The van der Waals surface area contributed by atoms with E-state index >= 15 is 0 Å². The monoisotopic (exact) mass is 315 g/mol. The molecule has 1 spiro atoms. The largest absolute Gasteiger partial charge is 0.326 e. The van der Waals surface area contributed by atoms with E-state index in [-0.39, 0.29) is 30.8 Å². The van der Waals surface area contributed by atoms with Gasteiger partial charge in [-0.15, -0.1) is 0 Å². The number of amides is 4. The lowest BCUT2D eigenvalue weighted by Crippen LogP contribution is -2.44. The molecule has 23 heavy (non-hydrogen) atoms. The molecule has 1 saturated carbocycles. The van der Waals surface area contributed by atoms with Crippen LogP contribution in [0.1, 0.15) is 37.7 Å². The van der Waals surface area contributed by atoms with Crippen molar-refractivity contribution in [3.05, 3.63) is 29.8 Å². The van der Waals surface area contributed by atoms with Crippen LogP contribution in [0.4, 0.5) is 10.5 Å². The number of aryl methyl sites for hydroxylation is 1. The predicted octanol–water partition coefficient (Wildman–Crippen LogP) is 2.19. The Balaban J connectivity index is 1.58. The number of rotatable bonds is 4. The van der Waals surface area contributed by atoms with Gasteiger partial charge in [0.1, 0.15) is 5.54 Å². The molecule has 0 radical (unpaired) electrons. The lowest BCUT2D eigenvalue weighted by atomic mass is 9.98. The maximum Gasteiger partial charge on any atom is 0.325 e. The van der Waals surface area contributed by atoms with Gasteiger partial charge in [-0.2, -0.15) is 0 Å². The van der Waals surface area contributed by atoms with Gasteiger partial charge < -0.3 is 10.6 Å². The zero-order valence-electron chi connectivity index (χ0n) is 13.2. The average molecular weight is 315 g/mol. The molecule has 0 atom stereocenters. The minimum atomic E-state index is -0.705. The topological polar surface area (TPSA) is 78.5 Å². The Morgan fingerprint density at radius 3 is 2.65 bits per heavy atom. The first kappa shape index (κ1) is 15.5. The summed E-state index contributed by atoms with van der Waals surface area (Å²) in [5.74, 6) is -0.379. The first-order chi connectivity index (χ1) is 11.0. The van der Waals surface area contributed by atoms with Crippen LogP contribution in [0.3, 0.4) is 0 Å². The molecule has 6 nitrogen and oxygen atoms in total. The Labute approximate surface area is 135 Å². The van der Waals surface area contributed by atoms with Gasteiger partial charge in [0.2, 0.25) is 5.91 Å². The standard InChI is InChI=1S/C17H21N3O3/c1-12-6-2-3-7-13(12)18-14(21)8-11-20-15(22)17(19-16(20)23)9-4-5-10-17/h2-3,6-7H,4-5,8-11H2,1H3,(H,18,21)(H,19,23). The van der Waals surface area contributed by atoms with Crippen LogP contribution < -0.4 is 10.6 Å². The van der Waals surface area contributed by atoms with Gasteiger partial charge in [0.25, 0.3) is 5.91 Å². The van der Waals surface area contributed by atoms with Crippen LogP contribution in [-0.2, 0) is 9.59 Å². The molecule has 1 aromatic rings. The summed E-state index contributed by atoms with van der Waals surface area (Å²) in [6, 6.07) is 7.12. The molecule has 1 saturated heterocycles. The third kappa shape index (κ3) is 2.93. The van der Waals surface area contributed by atoms with Crippen molar-refractivity contribution < 1.29 is 14.4 Å². The SMILES string of the molecule is Cc1ccccc1NC(=O)CCN1C(=O)NC2(CCCC2)C1=O. The number of hydrogen-bond acceptors (Lipinski definition) is 3. The number of anilines is 1. The van der Waals surface area contributed by atoms with Gasteiger partial charge in [-0.05, 0) is 31.4 Å². The molecule has 1 aromatic carbocycles. The van der Waals surface area contributed by atoms with Crippen LogP contribution in [0.5, 0.6) is 0 Å². The number of para-hydroxylation sites is 1. The highest BCUT2D eigenvalue weighted by molar-refractivity contribution is 6.07. The number of urea groups is 1. The van der Waals surface area contributed by atoms with E-state index in [0.29, 0.717) is 12.8 Å². The first-order valence-electron chi connectivity index (χ1n) is 8.01. The maximum absolute atomic E-state index is 12.5. The van der Waals surface area contributed by atoms with Crippen molar-refractivity contribution in [2.24, 2.45) is 0 Å². The van der Waals surface area contributed by atoms with Crippen molar-refractivity contribution in [1.29, 1.82) is 0 Å². The highest BCUT2D eigenvalue weighted by Gasteiger charge is 2.52. The minimum Gasteiger partial charge on any atom is -0.326 e. The summed E-state index contributed by atoms with van der Waals surface area (Å²) < 4.78 is 0. The van der Waals surface area contributed by atoms with Crippen LogP contribution in [0, 0.1) is 6.92 Å². The molecule has 0 aromatic heterocycles.